The van der Waals surface area contributed by atoms with Crippen molar-refractivity contribution >= 4 is 12.0 Å². The summed E-state index contributed by atoms with van der Waals surface area (Å²) in [5, 5.41) is 12.4. The molecule has 114 valence electrons. The van der Waals surface area contributed by atoms with Gasteiger partial charge < -0.3 is 20.1 Å². The third kappa shape index (κ3) is 3.23. The maximum Gasteiger partial charge on any atom is 0.317 e. The highest BCUT2D eigenvalue weighted by atomic mass is 16.5. The number of likely N-dealkylation sites (tertiary alicyclic amines) is 1. The van der Waals surface area contributed by atoms with Crippen molar-refractivity contribution in [1.29, 1.82) is 0 Å². The van der Waals surface area contributed by atoms with E-state index >= 15 is 0 Å². The Hall–Kier alpha value is -1.30. The fourth-order valence-electron chi connectivity index (χ4n) is 3.03. The summed E-state index contributed by atoms with van der Waals surface area (Å²) in [5.41, 5.74) is -0.773. The third-order valence-corrected chi connectivity index (χ3v) is 4.54. The summed E-state index contributed by atoms with van der Waals surface area (Å²) >= 11 is 0. The van der Waals surface area contributed by atoms with Crippen LogP contribution in [0.1, 0.15) is 39.0 Å². The quantitative estimate of drug-likeness (QED) is 0.822. The van der Waals surface area contributed by atoms with E-state index in [-0.39, 0.29) is 12.1 Å². The second kappa shape index (κ2) is 6.43. The number of urea groups is 1. The Kier molecular flexibility index (Phi) is 4.86. The molecule has 0 aromatic rings. The maximum absolute atomic E-state index is 12.3. The first-order valence-electron chi connectivity index (χ1n) is 7.44. The molecule has 2 heterocycles. The third-order valence-electron chi connectivity index (χ3n) is 4.54. The first kappa shape index (κ1) is 15.1. The minimum Gasteiger partial charge on any atom is -0.481 e. The standard InChI is InChI=1S/C14H24N2O4/c1-2-14(12(17)18)6-3-7-16(10-14)13(19)15-11-4-8-20-9-5-11/h11H,2-10H2,1H3,(H,15,19)(H,17,18). The Morgan fingerprint density at radius 1 is 1.40 bits per heavy atom. The number of carboxylic acid groups (broad SMARTS) is 1. The highest BCUT2D eigenvalue weighted by molar-refractivity contribution is 5.79. The minimum atomic E-state index is -0.788. The lowest BCUT2D eigenvalue weighted by molar-refractivity contribution is -0.152. The van der Waals surface area contributed by atoms with Gasteiger partial charge in [0.05, 0.1) is 5.41 Å². The number of carboxylic acids is 1. The molecule has 2 saturated heterocycles. The van der Waals surface area contributed by atoms with Crippen molar-refractivity contribution in [2.45, 2.75) is 45.1 Å². The predicted molar refractivity (Wildman–Crippen MR) is 73.5 cm³/mol. The van der Waals surface area contributed by atoms with Gasteiger partial charge in [-0.3, -0.25) is 4.79 Å². The van der Waals surface area contributed by atoms with Gasteiger partial charge >= 0.3 is 12.0 Å². The molecule has 2 rings (SSSR count). The number of carbonyl (C=O) groups is 2. The monoisotopic (exact) mass is 284 g/mol. The van der Waals surface area contributed by atoms with Crippen LogP contribution in [0.2, 0.25) is 0 Å². The summed E-state index contributed by atoms with van der Waals surface area (Å²) in [5.74, 6) is -0.788. The van der Waals surface area contributed by atoms with E-state index in [0.717, 1.165) is 19.3 Å². The number of hydrogen-bond donors (Lipinski definition) is 2. The highest BCUT2D eigenvalue weighted by Crippen LogP contribution is 2.33. The zero-order valence-corrected chi connectivity index (χ0v) is 12.1. The minimum absolute atomic E-state index is 0.129. The second-order valence-corrected chi connectivity index (χ2v) is 5.80. The molecular formula is C14H24N2O4. The van der Waals surface area contributed by atoms with Crippen LogP contribution in [-0.2, 0) is 9.53 Å². The lowest BCUT2D eigenvalue weighted by Crippen LogP contribution is -2.54. The molecule has 0 saturated carbocycles. The molecular weight excluding hydrogens is 260 g/mol. The molecule has 0 bridgehead atoms. The summed E-state index contributed by atoms with van der Waals surface area (Å²) in [6.07, 6.45) is 3.62. The van der Waals surface area contributed by atoms with E-state index in [9.17, 15) is 14.7 Å². The number of amides is 2. The first-order chi connectivity index (χ1) is 9.57. The number of rotatable bonds is 3. The van der Waals surface area contributed by atoms with Crippen molar-refractivity contribution in [2.75, 3.05) is 26.3 Å². The average Bonchev–Trinajstić information content (AvgIpc) is 2.48. The zero-order chi connectivity index (χ0) is 14.6. The van der Waals surface area contributed by atoms with E-state index in [4.69, 9.17) is 4.74 Å². The number of piperidine rings is 1. The number of ether oxygens (including phenoxy) is 1. The molecule has 1 unspecified atom stereocenters. The van der Waals surface area contributed by atoms with Gasteiger partial charge in [-0.2, -0.15) is 0 Å². The van der Waals surface area contributed by atoms with Crippen LogP contribution in [0, 0.1) is 5.41 Å². The van der Waals surface area contributed by atoms with Gasteiger partial charge in [-0.25, -0.2) is 4.79 Å². The molecule has 0 aromatic carbocycles. The molecule has 2 aliphatic heterocycles. The summed E-state index contributed by atoms with van der Waals surface area (Å²) in [6, 6.07) is 0.0229. The van der Waals surface area contributed by atoms with E-state index in [1.165, 1.54) is 0 Å². The van der Waals surface area contributed by atoms with E-state index in [0.29, 0.717) is 39.1 Å². The summed E-state index contributed by atoms with van der Waals surface area (Å²) in [7, 11) is 0. The van der Waals surface area contributed by atoms with Gasteiger partial charge in [0.1, 0.15) is 0 Å². The Morgan fingerprint density at radius 3 is 2.70 bits per heavy atom. The number of nitrogens with zero attached hydrogens (tertiary/aromatic N) is 1. The zero-order valence-electron chi connectivity index (χ0n) is 12.1. The Morgan fingerprint density at radius 2 is 2.10 bits per heavy atom. The first-order valence-corrected chi connectivity index (χ1v) is 7.44. The van der Waals surface area contributed by atoms with Crippen LogP contribution in [0.5, 0.6) is 0 Å². The molecule has 6 nitrogen and oxygen atoms in total. The molecule has 2 amide bonds. The van der Waals surface area contributed by atoms with Crippen LogP contribution in [0.15, 0.2) is 0 Å². The van der Waals surface area contributed by atoms with Crippen molar-refractivity contribution in [3.63, 3.8) is 0 Å². The molecule has 20 heavy (non-hydrogen) atoms. The van der Waals surface area contributed by atoms with Crippen LogP contribution in [0.4, 0.5) is 4.79 Å². The van der Waals surface area contributed by atoms with Gasteiger partial charge in [0, 0.05) is 32.3 Å². The van der Waals surface area contributed by atoms with E-state index in [1.54, 1.807) is 4.90 Å². The van der Waals surface area contributed by atoms with Crippen LogP contribution in [0.25, 0.3) is 0 Å². The average molecular weight is 284 g/mol. The number of hydrogen-bond acceptors (Lipinski definition) is 3. The van der Waals surface area contributed by atoms with E-state index in [1.807, 2.05) is 6.92 Å². The lowest BCUT2D eigenvalue weighted by Gasteiger charge is -2.40. The second-order valence-electron chi connectivity index (χ2n) is 5.80. The number of carbonyl (C=O) groups excluding carboxylic acids is 1. The summed E-state index contributed by atoms with van der Waals surface area (Å²) in [6.45, 7) is 4.20. The largest absolute Gasteiger partial charge is 0.481 e. The van der Waals surface area contributed by atoms with Crippen LogP contribution >= 0.6 is 0 Å². The predicted octanol–water partition coefficient (Wildman–Crippen LogP) is 1.45. The molecule has 0 radical (unpaired) electrons. The fraction of sp³-hybridized carbons (Fsp3) is 0.857. The molecule has 6 heteroatoms. The molecule has 0 spiro atoms. The normalized spacial score (nSPS) is 28.1. The van der Waals surface area contributed by atoms with Crippen molar-refractivity contribution in [2.24, 2.45) is 5.41 Å². The van der Waals surface area contributed by atoms with E-state index in [2.05, 4.69) is 5.32 Å². The summed E-state index contributed by atoms with van der Waals surface area (Å²) in [4.78, 5) is 25.4. The molecule has 2 fully saturated rings. The van der Waals surface area contributed by atoms with Gasteiger partial charge in [0.2, 0.25) is 0 Å². The van der Waals surface area contributed by atoms with E-state index < -0.39 is 11.4 Å². The van der Waals surface area contributed by atoms with Gasteiger partial charge in [0.15, 0.2) is 0 Å². The maximum atomic E-state index is 12.3. The van der Waals surface area contributed by atoms with Crippen LogP contribution in [-0.4, -0.2) is 54.4 Å². The molecule has 0 aliphatic carbocycles. The van der Waals surface area contributed by atoms with Crippen LogP contribution in [0.3, 0.4) is 0 Å². The Balaban J connectivity index is 1.93. The van der Waals surface area contributed by atoms with Crippen molar-refractivity contribution in [3.8, 4) is 0 Å². The van der Waals surface area contributed by atoms with Gasteiger partial charge in [0.25, 0.3) is 0 Å². The molecule has 1 atom stereocenters. The number of nitrogens with one attached hydrogen (secondary N) is 1. The highest BCUT2D eigenvalue weighted by Gasteiger charge is 2.42. The Labute approximate surface area is 119 Å². The SMILES string of the molecule is CCC1(C(=O)O)CCCN(C(=O)NC2CCOCC2)C1. The molecule has 2 N–H and O–H groups in total. The Bertz CT molecular complexity index is 368. The van der Waals surface area contributed by atoms with Gasteiger partial charge in [-0.1, -0.05) is 6.92 Å². The van der Waals surface area contributed by atoms with Crippen LogP contribution < -0.4 is 5.32 Å². The van der Waals surface area contributed by atoms with Crippen molar-refractivity contribution < 1.29 is 19.4 Å². The topological polar surface area (TPSA) is 78.9 Å². The molecule has 0 aromatic heterocycles. The van der Waals surface area contributed by atoms with Gasteiger partial charge in [-0.15, -0.1) is 0 Å². The smallest absolute Gasteiger partial charge is 0.317 e. The number of aliphatic carboxylic acids is 1. The van der Waals surface area contributed by atoms with Gasteiger partial charge in [-0.05, 0) is 32.1 Å². The molecule has 2 aliphatic rings. The van der Waals surface area contributed by atoms with Crippen molar-refractivity contribution in [3.05, 3.63) is 0 Å². The summed E-state index contributed by atoms with van der Waals surface area (Å²) < 4.78 is 5.27. The fourth-order valence-corrected chi connectivity index (χ4v) is 3.03. The van der Waals surface area contributed by atoms with Crippen molar-refractivity contribution in [1.82, 2.24) is 10.2 Å². The lowest BCUT2D eigenvalue weighted by atomic mass is 9.78.